The van der Waals surface area contributed by atoms with Crippen molar-refractivity contribution in [2.24, 2.45) is 5.73 Å². The molecule has 0 saturated heterocycles. The molecule has 0 unspecified atom stereocenters. The van der Waals surface area contributed by atoms with Crippen LogP contribution in [-0.2, 0) is 11.3 Å². The van der Waals surface area contributed by atoms with E-state index in [0.29, 0.717) is 18.1 Å². The van der Waals surface area contributed by atoms with Gasteiger partial charge in [-0.25, -0.2) is 4.98 Å². The van der Waals surface area contributed by atoms with Crippen molar-refractivity contribution in [2.45, 2.75) is 6.61 Å². The van der Waals surface area contributed by atoms with Gasteiger partial charge in [0.15, 0.2) is 0 Å². The van der Waals surface area contributed by atoms with Crippen LogP contribution in [0.2, 0.25) is 0 Å². The highest BCUT2D eigenvalue weighted by molar-refractivity contribution is 5.99. The molecule has 1 amide bonds. The number of benzene rings is 1. The van der Waals surface area contributed by atoms with Gasteiger partial charge in [-0.05, 0) is 23.8 Å². The van der Waals surface area contributed by atoms with Gasteiger partial charge < -0.3 is 21.5 Å². The van der Waals surface area contributed by atoms with Gasteiger partial charge in [-0.15, -0.1) is 0 Å². The Morgan fingerprint density at radius 2 is 2.20 bits per heavy atom. The summed E-state index contributed by atoms with van der Waals surface area (Å²) in [6, 6.07) is 9.10. The normalized spacial score (nSPS) is 10.2. The van der Waals surface area contributed by atoms with Gasteiger partial charge in [0, 0.05) is 12.8 Å². The number of ether oxygens (including phenoxy) is 1. The summed E-state index contributed by atoms with van der Waals surface area (Å²) < 4.78 is 5.08. The molecule has 6 nitrogen and oxygen atoms in total. The molecule has 2 rings (SSSR count). The van der Waals surface area contributed by atoms with Crippen LogP contribution in [0, 0.1) is 0 Å². The van der Waals surface area contributed by atoms with E-state index in [9.17, 15) is 4.79 Å². The van der Waals surface area contributed by atoms with E-state index in [0.717, 1.165) is 11.3 Å². The predicted molar refractivity (Wildman–Crippen MR) is 77.6 cm³/mol. The van der Waals surface area contributed by atoms with Gasteiger partial charge in [-0.3, -0.25) is 4.79 Å². The molecule has 104 valence electrons. The number of aromatic nitrogens is 1. The summed E-state index contributed by atoms with van der Waals surface area (Å²) in [7, 11) is 1.63. The summed E-state index contributed by atoms with van der Waals surface area (Å²) in [6.07, 6.45) is 1.47. The van der Waals surface area contributed by atoms with Gasteiger partial charge in [0.2, 0.25) is 0 Å². The maximum atomic E-state index is 11.4. The molecule has 0 aliphatic heterocycles. The van der Waals surface area contributed by atoms with Gasteiger partial charge in [-0.2, -0.15) is 0 Å². The molecule has 1 aromatic carbocycles. The first-order valence-electron chi connectivity index (χ1n) is 6.00. The number of hydrogen-bond donors (Lipinski definition) is 3. The van der Waals surface area contributed by atoms with E-state index in [1.807, 2.05) is 24.3 Å². The SMILES string of the molecule is COCc1cccc(Nc2ncc(N)cc2C(N)=O)c1. The molecule has 0 radical (unpaired) electrons. The standard InChI is InChI=1S/C14H16N4O2/c1-20-8-9-3-2-4-11(5-9)18-14-12(13(16)19)6-10(15)7-17-14/h2-7H,8,15H2,1H3,(H2,16,19)(H,17,18). The second-order valence-electron chi connectivity index (χ2n) is 4.29. The van der Waals surface area contributed by atoms with Crippen molar-refractivity contribution in [1.29, 1.82) is 0 Å². The fraction of sp³-hybridized carbons (Fsp3) is 0.143. The molecule has 0 atom stereocenters. The second-order valence-corrected chi connectivity index (χ2v) is 4.29. The van der Waals surface area contributed by atoms with Crippen molar-refractivity contribution in [3.8, 4) is 0 Å². The van der Waals surface area contributed by atoms with Crippen LogP contribution in [0.15, 0.2) is 36.5 Å². The summed E-state index contributed by atoms with van der Waals surface area (Å²) in [6.45, 7) is 0.507. The fourth-order valence-electron chi connectivity index (χ4n) is 1.81. The van der Waals surface area contributed by atoms with Gasteiger partial charge in [0.05, 0.1) is 24.1 Å². The maximum absolute atomic E-state index is 11.4. The fourth-order valence-corrected chi connectivity index (χ4v) is 1.81. The van der Waals surface area contributed by atoms with Crippen molar-refractivity contribution >= 4 is 23.1 Å². The lowest BCUT2D eigenvalue weighted by Gasteiger charge is -2.10. The number of nitrogen functional groups attached to an aromatic ring is 1. The van der Waals surface area contributed by atoms with Crippen LogP contribution in [0.5, 0.6) is 0 Å². The highest BCUT2D eigenvalue weighted by Crippen LogP contribution is 2.21. The Morgan fingerprint density at radius 3 is 2.90 bits per heavy atom. The Bertz CT molecular complexity index is 628. The molecule has 1 aromatic heterocycles. The van der Waals surface area contributed by atoms with Crippen LogP contribution in [0.25, 0.3) is 0 Å². The molecule has 0 aliphatic carbocycles. The number of anilines is 3. The minimum Gasteiger partial charge on any atom is -0.397 e. The molecular weight excluding hydrogens is 256 g/mol. The average Bonchev–Trinajstić information content (AvgIpc) is 2.41. The summed E-state index contributed by atoms with van der Waals surface area (Å²) in [5.74, 6) is -0.207. The van der Waals surface area contributed by atoms with Crippen LogP contribution >= 0.6 is 0 Å². The molecule has 0 fully saturated rings. The molecule has 5 N–H and O–H groups in total. The zero-order valence-corrected chi connectivity index (χ0v) is 11.1. The Balaban J connectivity index is 2.30. The monoisotopic (exact) mass is 272 g/mol. The lowest BCUT2D eigenvalue weighted by Crippen LogP contribution is -2.14. The number of pyridine rings is 1. The summed E-state index contributed by atoms with van der Waals surface area (Å²) >= 11 is 0. The van der Waals surface area contributed by atoms with Gasteiger partial charge in [0.25, 0.3) is 5.91 Å². The minimum absolute atomic E-state index is 0.252. The van der Waals surface area contributed by atoms with Gasteiger partial charge >= 0.3 is 0 Å². The van der Waals surface area contributed by atoms with E-state index in [1.165, 1.54) is 12.3 Å². The molecular formula is C14H16N4O2. The molecule has 6 heteroatoms. The number of carbonyl (C=O) groups excluding carboxylic acids is 1. The molecule has 20 heavy (non-hydrogen) atoms. The van der Waals surface area contributed by atoms with Crippen molar-refractivity contribution in [3.05, 3.63) is 47.7 Å². The predicted octanol–water partition coefficient (Wildman–Crippen LogP) is 1.65. The van der Waals surface area contributed by atoms with E-state index in [-0.39, 0.29) is 5.56 Å². The zero-order chi connectivity index (χ0) is 14.5. The van der Waals surface area contributed by atoms with E-state index in [2.05, 4.69) is 10.3 Å². The average molecular weight is 272 g/mol. The molecule has 1 heterocycles. The van der Waals surface area contributed by atoms with Crippen molar-refractivity contribution in [2.75, 3.05) is 18.2 Å². The Labute approximate surface area is 116 Å². The third kappa shape index (κ3) is 3.24. The van der Waals surface area contributed by atoms with Gasteiger partial charge in [0.1, 0.15) is 5.82 Å². The maximum Gasteiger partial charge on any atom is 0.252 e. The van der Waals surface area contributed by atoms with E-state index < -0.39 is 5.91 Å². The van der Waals surface area contributed by atoms with Crippen LogP contribution < -0.4 is 16.8 Å². The Kier molecular flexibility index (Phi) is 4.17. The molecule has 0 aliphatic rings. The highest BCUT2D eigenvalue weighted by atomic mass is 16.5. The lowest BCUT2D eigenvalue weighted by molar-refractivity contribution is 0.100. The third-order valence-corrected chi connectivity index (χ3v) is 2.68. The number of rotatable bonds is 5. The Hall–Kier alpha value is -2.60. The first kappa shape index (κ1) is 13.8. The van der Waals surface area contributed by atoms with Crippen molar-refractivity contribution in [1.82, 2.24) is 4.98 Å². The minimum atomic E-state index is -0.583. The van der Waals surface area contributed by atoms with Crippen LogP contribution in [0.4, 0.5) is 17.2 Å². The number of hydrogen-bond acceptors (Lipinski definition) is 5. The van der Waals surface area contributed by atoms with Crippen molar-refractivity contribution < 1.29 is 9.53 Å². The first-order chi connectivity index (χ1) is 9.60. The first-order valence-corrected chi connectivity index (χ1v) is 6.00. The molecule has 2 aromatic rings. The second kappa shape index (κ2) is 6.03. The van der Waals surface area contributed by atoms with Crippen LogP contribution in [0.1, 0.15) is 15.9 Å². The van der Waals surface area contributed by atoms with Gasteiger partial charge in [-0.1, -0.05) is 12.1 Å². The number of nitrogens with one attached hydrogen (secondary N) is 1. The number of nitrogens with two attached hydrogens (primary N) is 2. The number of nitrogens with zero attached hydrogens (tertiary/aromatic N) is 1. The van der Waals surface area contributed by atoms with Crippen molar-refractivity contribution in [3.63, 3.8) is 0 Å². The number of methoxy groups -OCH3 is 1. The zero-order valence-electron chi connectivity index (χ0n) is 11.1. The quantitative estimate of drug-likeness (QED) is 0.768. The van der Waals surface area contributed by atoms with E-state index in [1.54, 1.807) is 7.11 Å². The smallest absolute Gasteiger partial charge is 0.252 e. The topological polar surface area (TPSA) is 103 Å². The number of primary amides is 1. The Morgan fingerprint density at radius 1 is 1.40 bits per heavy atom. The summed E-state index contributed by atoms with van der Waals surface area (Å²) in [4.78, 5) is 15.5. The van der Waals surface area contributed by atoms with Crippen LogP contribution in [-0.4, -0.2) is 18.0 Å². The van der Waals surface area contributed by atoms with Crippen LogP contribution in [0.3, 0.4) is 0 Å². The highest BCUT2D eigenvalue weighted by Gasteiger charge is 2.10. The molecule has 0 saturated carbocycles. The third-order valence-electron chi connectivity index (χ3n) is 2.68. The van der Waals surface area contributed by atoms with E-state index in [4.69, 9.17) is 16.2 Å². The summed E-state index contributed by atoms with van der Waals surface area (Å²) in [5, 5.41) is 3.06. The number of carbonyl (C=O) groups is 1. The molecule has 0 spiro atoms. The van der Waals surface area contributed by atoms with E-state index >= 15 is 0 Å². The number of amides is 1. The lowest BCUT2D eigenvalue weighted by atomic mass is 10.2. The molecule has 0 bridgehead atoms. The largest absolute Gasteiger partial charge is 0.397 e. The summed E-state index contributed by atoms with van der Waals surface area (Å²) in [5.41, 5.74) is 13.4.